The van der Waals surface area contributed by atoms with E-state index < -0.39 is 5.97 Å². The summed E-state index contributed by atoms with van der Waals surface area (Å²) in [6, 6.07) is 1.69. The third-order valence-corrected chi connectivity index (χ3v) is 4.64. The van der Waals surface area contributed by atoms with Crippen LogP contribution in [0.25, 0.3) is 0 Å². The predicted molar refractivity (Wildman–Crippen MR) is 75.2 cm³/mol. The highest BCUT2D eigenvalue weighted by Crippen LogP contribution is 2.29. The van der Waals surface area contributed by atoms with Gasteiger partial charge in [-0.2, -0.15) is 0 Å². The van der Waals surface area contributed by atoms with Crippen LogP contribution in [0.15, 0.2) is 10.4 Å². The lowest BCUT2D eigenvalue weighted by Gasteiger charge is -2.00. The molecule has 100 valence electrons. The molecule has 5 nitrogen and oxygen atoms in total. The molecule has 0 saturated heterocycles. The molecule has 0 aliphatic heterocycles. The van der Waals surface area contributed by atoms with Crippen molar-refractivity contribution in [1.82, 2.24) is 15.0 Å². The van der Waals surface area contributed by atoms with Crippen molar-refractivity contribution < 1.29 is 9.90 Å². The van der Waals surface area contributed by atoms with Crippen molar-refractivity contribution in [1.29, 1.82) is 0 Å². The highest BCUT2D eigenvalue weighted by Gasteiger charge is 2.14. The summed E-state index contributed by atoms with van der Waals surface area (Å²) in [6.07, 6.45) is 0. The van der Waals surface area contributed by atoms with E-state index in [0.29, 0.717) is 26.8 Å². The van der Waals surface area contributed by atoms with Crippen molar-refractivity contribution in [3.8, 4) is 0 Å². The first-order valence-corrected chi connectivity index (χ1v) is 7.47. The normalized spacial score (nSPS) is 10.7. The largest absolute Gasteiger partial charge is 0.477 e. The van der Waals surface area contributed by atoms with Gasteiger partial charge in [0, 0.05) is 5.69 Å². The molecule has 2 aromatic heterocycles. The van der Waals surface area contributed by atoms with Gasteiger partial charge in [-0.15, -0.1) is 11.3 Å². The molecule has 0 fully saturated rings. The van der Waals surface area contributed by atoms with Crippen molar-refractivity contribution in [3.05, 3.63) is 33.3 Å². The van der Waals surface area contributed by atoms with E-state index >= 15 is 0 Å². The van der Waals surface area contributed by atoms with E-state index in [2.05, 4.69) is 15.0 Å². The first-order valence-electron chi connectivity index (χ1n) is 5.29. The molecule has 0 atom stereocenters. The van der Waals surface area contributed by atoms with E-state index in [1.54, 1.807) is 13.0 Å². The summed E-state index contributed by atoms with van der Waals surface area (Å²) >= 11 is 8.41. The molecule has 0 saturated carbocycles. The minimum atomic E-state index is -0.948. The number of thiazole rings is 1. The fourth-order valence-corrected chi connectivity index (χ4v) is 3.55. The Balaban J connectivity index is 2.10. The van der Waals surface area contributed by atoms with Crippen LogP contribution in [0.1, 0.15) is 26.9 Å². The highest BCUT2D eigenvalue weighted by molar-refractivity contribution is 8.00. The number of aromatic nitrogens is 3. The van der Waals surface area contributed by atoms with Crippen molar-refractivity contribution in [2.24, 2.45) is 0 Å². The maximum absolute atomic E-state index is 10.9. The Kier molecular flexibility index (Phi) is 4.38. The van der Waals surface area contributed by atoms with Gasteiger partial charge in [-0.3, -0.25) is 0 Å². The molecule has 2 aromatic rings. The quantitative estimate of drug-likeness (QED) is 0.689. The highest BCUT2D eigenvalue weighted by atomic mass is 35.5. The maximum Gasteiger partial charge on any atom is 0.347 e. The lowest BCUT2D eigenvalue weighted by atomic mass is 10.4. The van der Waals surface area contributed by atoms with Crippen LogP contribution in [0, 0.1) is 13.8 Å². The van der Waals surface area contributed by atoms with Crippen LogP contribution < -0.4 is 0 Å². The first-order chi connectivity index (χ1) is 8.95. The zero-order valence-corrected chi connectivity index (χ0v) is 12.6. The summed E-state index contributed by atoms with van der Waals surface area (Å²) < 4.78 is 0.691. The smallest absolute Gasteiger partial charge is 0.347 e. The second-order valence-electron chi connectivity index (χ2n) is 3.74. The van der Waals surface area contributed by atoms with E-state index in [1.807, 2.05) is 6.92 Å². The van der Waals surface area contributed by atoms with Gasteiger partial charge in [0.15, 0.2) is 4.34 Å². The summed E-state index contributed by atoms with van der Waals surface area (Å²) in [5.74, 6) is 0.171. The number of carboxylic acids is 1. The van der Waals surface area contributed by atoms with Crippen molar-refractivity contribution in [3.63, 3.8) is 0 Å². The average molecular weight is 316 g/mol. The number of halogens is 1. The van der Waals surface area contributed by atoms with E-state index in [-0.39, 0.29) is 4.88 Å². The molecule has 0 spiro atoms. The third kappa shape index (κ3) is 3.65. The standard InChI is InChI=1S/C11H10ClN3O2S2/c1-5-3-7(12)15-8(13-5)4-18-11-14-6(2)9(19-11)10(16)17/h3H,4H2,1-2H3,(H,16,17). The van der Waals surface area contributed by atoms with E-state index in [9.17, 15) is 4.79 Å². The summed E-state index contributed by atoms with van der Waals surface area (Å²) in [7, 11) is 0. The van der Waals surface area contributed by atoms with Crippen LogP contribution in [0.4, 0.5) is 0 Å². The number of carbonyl (C=O) groups is 1. The average Bonchev–Trinajstić information content (AvgIpc) is 2.67. The van der Waals surface area contributed by atoms with Gasteiger partial charge >= 0.3 is 5.97 Å². The van der Waals surface area contributed by atoms with Crippen molar-refractivity contribution in [2.45, 2.75) is 23.9 Å². The molecule has 0 aliphatic carbocycles. The van der Waals surface area contributed by atoms with Crippen LogP contribution in [0.3, 0.4) is 0 Å². The Morgan fingerprint density at radius 3 is 2.74 bits per heavy atom. The fraction of sp³-hybridized carbons (Fsp3) is 0.273. The molecule has 0 amide bonds. The van der Waals surface area contributed by atoms with E-state index in [1.165, 1.54) is 11.8 Å². The summed E-state index contributed by atoms with van der Waals surface area (Å²) in [6.45, 7) is 3.53. The molecule has 19 heavy (non-hydrogen) atoms. The molecule has 0 radical (unpaired) electrons. The molecule has 0 aliphatic rings. The number of hydrogen-bond acceptors (Lipinski definition) is 6. The molecular formula is C11H10ClN3O2S2. The van der Waals surface area contributed by atoms with E-state index in [0.717, 1.165) is 17.0 Å². The van der Waals surface area contributed by atoms with Crippen molar-refractivity contribution in [2.75, 3.05) is 0 Å². The minimum absolute atomic E-state index is 0.269. The Hall–Kier alpha value is -1.18. The Bertz CT molecular complexity index is 610. The topological polar surface area (TPSA) is 76.0 Å². The Morgan fingerprint density at radius 2 is 2.16 bits per heavy atom. The van der Waals surface area contributed by atoms with Crippen molar-refractivity contribution >= 4 is 40.7 Å². The minimum Gasteiger partial charge on any atom is -0.477 e. The molecule has 2 heterocycles. The summed E-state index contributed by atoms with van der Waals surface area (Å²) in [5, 5.41) is 9.36. The number of aromatic carboxylic acids is 1. The zero-order chi connectivity index (χ0) is 14.0. The number of thioether (sulfide) groups is 1. The van der Waals surface area contributed by atoms with Gasteiger partial charge in [0.1, 0.15) is 15.9 Å². The molecule has 2 rings (SSSR count). The molecule has 0 aromatic carbocycles. The lowest BCUT2D eigenvalue weighted by Crippen LogP contribution is -1.95. The SMILES string of the molecule is Cc1cc(Cl)nc(CSc2nc(C)c(C(=O)O)s2)n1. The van der Waals surface area contributed by atoms with Gasteiger partial charge in [0.05, 0.1) is 11.4 Å². The number of aryl methyl sites for hydroxylation is 2. The summed E-state index contributed by atoms with van der Waals surface area (Å²) in [5.41, 5.74) is 1.33. The molecule has 8 heteroatoms. The number of nitrogens with zero attached hydrogens (tertiary/aromatic N) is 3. The molecular weight excluding hydrogens is 306 g/mol. The Labute approximate surface area is 123 Å². The van der Waals surface area contributed by atoms with Crippen LogP contribution >= 0.6 is 34.7 Å². The zero-order valence-electron chi connectivity index (χ0n) is 10.2. The van der Waals surface area contributed by atoms with Gasteiger partial charge in [-0.05, 0) is 19.9 Å². The van der Waals surface area contributed by atoms with Gasteiger partial charge in [0.25, 0.3) is 0 Å². The van der Waals surface area contributed by atoms with E-state index in [4.69, 9.17) is 16.7 Å². The number of hydrogen-bond donors (Lipinski definition) is 1. The maximum atomic E-state index is 10.9. The van der Waals surface area contributed by atoms with Crippen LogP contribution in [0.5, 0.6) is 0 Å². The predicted octanol–water partition coefficient (Wildman–Crippen LogP) is 3.19. The van der Waals surface area contributed by atoms with Crippen LogP contribution in [-0.4, -0.2) is 26.0 Å². The van der Waals surface area contributed by atoms with Gasteiger partial charge < -0.3 is 5.11 Å². The van der Waals surface area contributed by atoms with Gasteiger partial charge in [-0.25, -0.2) is 19.7 Å². The summed E-state index contributed by atoms with van der Waals surface area (Å²) in [4.78, 5) is 23.8. The fourth-order valence-electron chi connectivity index (χ4n) is 1.41. The lowest BCUT2D eigenvalue weighted by molar-refractivity contribution is 0.0701. The van der Waals surface area contributed by atoms with Crippen LogP contribution in [0.2, 0.25) is 5.15 Å². The third-order valence-electron chi connectivity index (χ3n) is 2.17. The van der Waals surface area contributed by atoms with Crippen LogP contribution in [-0.2, 0) is 5.75 Å². The second kappa shape index (κ2) is 5.85. The monoisotopic (exact) mass is 315 g/mol. The Morgan fingerprint density at radius 1 is 1.42 bits per heavy atom. The second-order valence-corrected chi connectivity index (χ2v) is 6.35. The number of carboxylic acid groups (broad SMARTS) is 1. The molecule has 0 unspecified atom stereocenters. The first kappa shape index (κ1) is 14.2. The molecule has 0 bridgehead atoms. The van der Waals surface area contributed by atoms with Gasteiger partial charge in [0.2, 0.25) is 0 Å². The molecule has 1 N–H and O–H groups in total. The van der Waals surface area contributed by atoms with Gasteiger partial charge in [-0.1, -0.05) is 23.4 Å². The number of rotatable bonds is 4.